The Bertz CT molecular complexity index is 731. The van der Waals surface area contributed by atoms with E-state index in [-0.39, 0.29) is 18.2 Å². The van der Waals surface area contributed by atoms with Crippen molar-refractivity contribution in [1.82, 2.24) is 20.2 Å². The predicted octanol–water partition coefficient (Wildman–Crippen LogP) is 1.26. The second-order valence-corrected chi connectivity index (χ2v) is 6.53. The molecule has 0 bridgehead atoms. The molecule has 1 saturated heterocycles. The number of nitrogens with zero attached hydrogens (tertiary/aromatic N) is 4. The zero-order valence-electron chi connectivity index (χ0n) is 15.4. The Labute approximate surface area is 159 Å². The van der Waals surface area contributed by atoms with Crippen molar-refractivity contribution in [2.45, 2.75) is 19.3 Å². The molecule has 0 radical (unpaired) electrons. The minimum Gasteiger partial charge on any atom is -0.356 e. The van der Waals surface area contributed by atoms with Crippen LogP contribution in [-0.4, -0.2) is 59.4 Å². The number of benzene rings is 1. The van der Waals surface area contributed by atoms with Crippen LogP contribution in [0.1, 0.15) is 18.4 Å². The monoisotopic (exact) mass is 367 g/mol. The third-order valence-corrected chi connectivity index (χ3v) is 4.59. The van der Waals surface area contributed by atoms with Gasteiger partial charge in [0.05, 0.1) is 0 Å². The van der Waals surface area contributed by atoms with Crippen LogP contribution in [0.25, 0.3) is 0 Å². The van der Waals surface area contributed by atoms with Crippen LogP contribution in [0.3, 0.4) is 0 Å². The second-order valence-electron chi connectivity index (χ2n) is 6.53. The van der Waals surface area contributed by atoms with Gasteiger partial charge in [0.25, 0.3) is 0 Å². The highest BCUT2D eigenvalue weighted by molar-refractivity contribution is 5.96. The fourth-order valence-electron chi connectivity index (χ4n) is 3.09. The molecule has 27 heavy (non-hydrogen) atoms. The number of anilines is 1. The number of amides is 2. The summed E-state index contributed by atoms with van der Waals surface area (Å²) in [6, 6.07) is 11.9. The predicted molar refractivity (Wildman–Crippen MR) is 103 cm³/mol. The first kappa shape index (κ1) is 18.8. The molecule has 1 aliphatic rings. The van der Waals surface area contributed by atoms with Gasteiger partial charge in [-0.3, -0.25) is 9.59 Å². The van der Waals surface area contributed by atoms with Gasteiger partial charge < -0.3 is 15.1 Å². The second kappa shape index (κ2) is 9.66. The first-order chi connectivity index (χ1) is 13.2. The molecule has 1 aromatic carbocycles. The number of rotatable bonds is 7. The van der Waals surface area contributed by atoms with Gasteiger partial charge in [0.2, 0.25) is 17.8 Å². The third kappa shape index (κ3) is 5.77. The fourth-order valence-corrected chi connectivity index (χ4v) is 3.09. The summed E-state index contributed by atoms with van der Waals surface area (Å²) in [5.41, 5.74) is 1.25. The maximum Gasteiger partial charge on any atom is 0.232 e. The van der Waals surface area contributed by atoms with Crippen LogP contribution in [0.4, 0.5) is 5.95 Å². The van der Waals surface area contributed by atoms with E-state index < -0.39 is 0 Å². The lowest BCUT2D eigenvalue weighted by molar-refractivity contribution is -0.136. The lowest BCUT2D eigenvalue weighted by Gasteiger charge is -2.34. The molecular weight excluding hydrogens is 342 g/mol. The van der Waals surface area contributed by atoms with Crippen molar-refractivity contribution >= 4 is 17.8 Å². The van der Waals surface area contributed by atoms with Gasteiger partial charge in [0.15, 0.2) is 0 Å². The van der Waals surface area contributed by atoms with Gasteiger partial charge in [0.1, 0.15) is 6.42 Å². The highest BCUT2D eigenvalue weighted by Gasteiger charge is 2.23. The zero-order chi connectivity index (χ0) is 18.9. The Balaban J connectivity index is 1.33. The van der Waals surface area contributed by atoms with Gasteiger partial charge in [-0.15, -0.1) is 0 Å². The minimum atomic E-state index is -0.207. The molecule has 0 aliphatic carbocycles. The Hall–Kier alpha value is -2.96. The number of piperazine rings is 1. The molecule has 0 spiro atoms. The van der Waals surface area contributed by atoms with Crippen molar-refractivity contribution in [3.8, 4) is 0 Å². The summed E-state index contributed by atoms with van der Waals surface area (Å²) in [6.45, 7) is 3.10. The van der Waals surface area contributed by atoms with Crippen molar-refractivity contribution in [3.63, 3.8) is 0 Å². The molecule has 7 heteroatoms. The SMILES string of the molecule is O=C(CC(=O)N1CCN(c2ncccn2)CC1)NCCCc1ccccc1. The first-order valence-corrected chi connectivity index (χ1v) is 9.33. The standard InChI is InChI=1S/C20H25N5O2/c26-18(21-9-4-8-17-6-2-1-3-7-17)16-19(27)24-12-14-25(15-13-24)20-22-10-5-11-23-20/h1-3,5-7,10-11H,4,8-9,12-16H2,(H,21,26). The van der Waals surface area contributed by atoms with Crippen LogP contribution in [0.5, 0.6) is 0 Å². The average Bonchev–Trinajstić information content (AvgIpc) is 2.73. The molecule has 1 aromatic heterocycles. The number of carbonyl (C=O) groups excluding carboxylic acids is 2. The summed E-state index contributed by atoms with van der Waals surface area (Å²) in [5, 5.41) is 2.84. The van der Waals surface area contributed by atoms with Crippen molar-refractivity contribution < 1.29 is 9.59 Å². The molecule has 0 atom stereocenters. The molecule has 1 fully saturated rings. The maximum absolute atomic E-state index is 12.3. The quantitative estimate of drug-likeness (QED) is 0.589. The van der Waals surface area contributed by atoms with Gasteiger partial charge in [-0.1, -0.05) is 30.3 Å². The average molecular weight is 367 g/mol. The first-order valence-electron chi connectivity index (χ1n) is 9.33. The molecular formula is C20H25N5O2. The van der Waals surface area contributed by atoms with Crippen molar-refractivity contribution in [1.29, 1.82) is 0 Å². The summed E-state index contributed by atoms with van der Waals surface area (Å²) >= 11 is 0. The summed E-state index contributed by atoms with van der Waals surface area (Å²) in [6.07, 6.45) is 5.11. The number of aromatic nitrogens is 2. The van der Waals surface area contributed by atoms with E-state index in [0.717, 1.165) is 12.8 Å². The smallest absolute Gasteiger partial charge is 0.232 e. The molecule has 1 aliphatic heterocycles. The van der Waals surface area contributed by atoms with Gasteiger partial charge in [0, 0.05) is 45.1 Å². The fraction of sp³-hybridized carbons (Fsp3) is 0.400. The number of nitrogens with one attached hydrogen (secondary N) is 1. The Morgan fingerprint density at radius 1 is 0.963 bits per heavy atom. The highest BCUT2D eigenvalue weighted by Crippen LogP contribution is 2.10. The molecule has 0 unspecified atom stereocenters. The highest BCUT2D eigenvalue weighted by atomic mass is 16.2. The van der Waals surface area contributed by atoms with Crippen molar-refractivity contribution in [2.24, 2.45) is 0 Å². The zero-order valence-corrected chi connectivity index (χ0v) is 15.4. The lowest BCUT2D eigenvalue weighted by atomic mass is 10.1. The van der Waals surface area contributed by atoms with Gasteiger partial charge in [-0.05, 0) is 24.5 Å². The van der Waals surface area contributed by atoms with Crippen LogP contribution in [0.2, 0.25) is 0 Å². The summed E-state index contributed by atoms with van der Waals surface area (Å²) in [5.74, 6) is 0.354. The lowest BCUT2D eigenvalue weighted by Crippen LogP contribution is -2.50. The van der Waals surface area contributed by atoms with Gasteiger partial charge in [-0.25, -0.2) is 9.97 Å². The van der Waals surface area contributed by atoms with E-state index in [9.17, 15) is 9.59 Å². The largest absolute Gasteiger partial charge is 0.356 e. The third-order valence-electron chi connectivity index (χ3n) is 4.59. The van der Waals surface area contributed by atoms with Crippen LogP contribution >= 0.6 is 0 Å². The van der Waals surface area contributed by atoms with E-state index in [1.165, 1.54) is 5.56 Å². The normalized spacial score (nSPS) is 14.1. The van der Waals surface area contributed by atoms with E-state index in [2.05, 4.69) is 27.4 Å². The summed E-state index contributed by atoms with van der Waals surface area (Å²) in [4.78, 5) is 36.6. The number of hydrogen-bond donors (Lipinski definition) is 1. The van der Waals surface area contributed by atoms with E-state index >= 15 is 0 Å². The summed E-state index contributed by atoms with van der Waals surface area (Å²) < 4.78 is 0. The van der Waals surface area contributed by atoms with Crippen molar-refractivity contribution in [2.75, 3.05) is 37.6 Å². The van der Waals surface area contributed by atoms with E-state index in [1.54, 1.807) is 23.4 Å². The Morgan fingerprint density at radius 2 is 1.67 bits per heavy atom. The van der Waals surface area contributed by atoms with Crippen molar-refractivity contribution in [3.05, 3.63) is 54.4 Å². The van der Waals surface area contributed by atoms with Crippen LogP contribution in [-0.2, 0) is 16.0 Å². The molecule has 7 nitrogen and oxygen atoms in total. The Morgan fingerprint density at radius 3 is 2.37 bits per heavy atom. The maximum atomic E-state index is 12.3. The van der Waals surface area contributed by atoms with Crippen LogP contribution < -0.4 is 10.2 Å². The molecule has 3 rings (SSSR count). The van der Waals surface area contributed by atoms with E-state index in [0.29, 0.717) is 38.7 Å². The molecule has 2 amide bonds. The van der Waals surface area contributed by atoms with E-state index in [4.69, 9.17) is 0 Å². The molecule has 1 N–H and O–H groups in total. The van der Waals surface area contributed by atoms with E-state index in [1.807, 2.05) is 23.1 Å². The Kier molecular flexibility index (Phi) is 6.73. The van der Waals surface area contributed by atoms with Crippen LogP contribution in [0.15, 0.2) is 48.8 Å². The molecule has 142 valence electrons. The molecule has 0 saturated carbocycles. The molecule has 2 heterocycles. The minimum absolute atomic E-state index is 0.0901. The number of aryl methyl sites for hydroxylation is 1. The number of carbonyl (C=O) groups is 2. The number of hydrogen-bond acceptors (Lipinski definition) is 5. The summed E-state index contributed by atoms with van der Waals surface area (Å²) in [7, 11) is 0. The van der Waals surface area contributed by atoms with Gasteiger partial charge in [-0.2, -0.15) is 0 Å². The molecule has 2 aromatic rings. The van der Waals surface area contributed by atoms with Gasteiger partial charge >= 0.3 is 0 Å². The topological polar surface area (TPSA) is 78.4 Å². The van der Waals surface area contributed by atoms with Crippen LogP contribution in [0, 0.1) is 0 Å².